The highest BCUT2D eigenvalue weighted by Gasteiger charge is 1.95. The molecule has 0 heterocycles. The first kappa shape index (κ1) is 11.3. The molecule has 1 aromatic carbocycles. The predicted molar refractivity (Wildman–Crippen MR) is 55.4 cm³/mol. The van der Waals surface area contributed by atoms with Crippen LogP contribution in [0, 0.1) is 0 Å². The highest BCUT2D eigenvalue weighted by Crippen LogP contribution is 2.15. The van der Waals surface area contributed by atoms with Crippen molar-refractivity contribution in [3.63, 3.8) is 0 Å². The van der Waals surface area contributed by atoms with Gasteiger partial charge in [0.05, 0.1) is 6.61 Å². The average Bonchev–Trinajstić information content (AvgIpc) is 2.13. The Morgan fingerprint density at radius 3 is 2.42 bits per heavy atom. The van der Waals surface area contributed by atoms with E-state index in [-0.39, 0.29) is 6.61 Å². The summed E-state index contributed by atoms with van der Waals surface area (Å²) in [5.74, 6) is 0. The smallest absolute Gasteiger partial charge is 0.0702 e. The zero-order chi connectivity index (χ0) is 9.56. The maximum atomic E-state index is 8.73. The molecule has 0 aromatic heterocycles. The Labute approximate surface area is 78.8 Å². The van der Waals surface area contributed by atoms with E-state index in [0.29, 0.717) is 5.69 Å². The Kier molecular flexibility index (Phi) is 5.58. The number of aliphatic hydroxyl groups is 1. The molecule has 0 aliphatic carbocycles. The third-order valence-corrected chi connectivity index (χ3v) is 1.58. The van der Waals surface area contributed by atoms with E-state index < -0.39 is 0 Å². The number of hydrogen-bond acceptors (Lipinski definition) is 3. The molecule has 0 bridgehead atoms. The summed E-state index contributed by atoms with van der Waals surface area (Å²) in [6, 6.07) is 5.27. The summed E-state index contributed by atoms with van der Waals surface area (Å²) in [6.45, 7) is 3.97. The third-order valence-electron chi connectivity index (χ3n) is 1.30. The van der Waals surface area contributed by atoms with Gasteiger partial charge in [0.25, 0.3) is 0 Å². The van der Waals surface area contributed by atoms with E-state index in [4.69, 9.17) is 10.8 Å². The molecular weight excluding hydrogens is 170 g/mol. The fraction of sp³-hybridized carbons (Fsp3) is 0.333. The van der Waals surface area contributed by atoms with Gasteiger partial charge in [0, 0.05) is 16.1 Å². The lowest BCUT2D eigenvalue weighted by Gasteiger charge is -2.01. The molecule has 0 fully saturated rings. The van der Waals surface area contributed by atoms with Crippen LogP contribution in [0.4, 0.5) is 5.69 Å². The van der Waals surface area contributed by atoms with Crippen molar-refractivity contribution in [1.82, 2.24) is 0 Å². The Balaban J connectivity index is 0.000000561. The average molecular weight is 185 g/mol. The second-order valence-corrected chi connectivity index (χ2v) is 2.56. The summed E-state index contributed by atoms with van der Waals surface area (Å²) in [6.07, 6.45) is 0. The van der Waals surface area contributed by atoms with Gasteiger partial charge in [0.1, 0.15) is 0 Å². The monoisotopic (exact) mass is 185 g/mol. The van der Waals surface area contributed by atoms with Gasteiger partial charge < -0.3 is 10.8 Å². The molecule has 0 radical (unpaired) electrons. The molecule has 0 aliphatic rings. The number of benzene rings is 1. The Bertz CT molecular complexity index is 238. The van der Waals surface area contributed by atoms with Gasteiger partial charge in [-0.05, 0) is 18.2 Å². The Morgan fingerprint density at radius 1 is 1.42 bits per heavy atom. The molecule has 0 saturated carbocycles. The summed E-state index contributed by atoms with van der Waals surface area (Å²) >= 11 is 4.09. The number of nitrogens with two attached hydrogens (primary N) is 1. The third kappa shape index (κ3) is 3.15. The van der Waals surface area contributed by atoms with Gasteiger partial charge in [-0.3, -0.25) is 0 Å². The van der Waals surface area contributed by atoms with Gasteiger partial charge in [0.2, 0.25) is 0 Å². The van der Waals surface area contributed by atoms with E-state index in [2.05, 4.69) is 12.6 Å². The van der Waals surface area contributed by atoms with E-state index in [9.17, 15) is 0 Å². The first-order valence-corrected chi connectivity index (χ1v) is 4.37. The lowest BCUT2D eigenvalue weighted by Crippen LogP contribution is -1.92. The van der Waals surface area contributed by atoms with Crippen LogP contribution in [0.2, 0.25) is 0 Å². The topological polar surface area (TPSA) is 46.2 Å². The van der Waals surface area contributed by atoms with Crippen LogP contribution in [-0.4, -0.2) is 5.11 Å². The quantitative estimate of drug-likeness (QED) is 0.463. The first-order valence-electron chi connectivity index (χ1n) is 3.92. The van der Waals surface area contributed by atoms with Crippen LogP contribution >= 0.6 is 12.6 Å². The highest BCUT2D eigenvalue weighted by atomic mass is 32.1. The molecule has 0 spiro atoms. The number of anilines is 1. The summed E-state index contributed by atoms with van der Waals surface area (Å²) in [4.78, 5) is 0.818. The number of nitrogen functional groups attached to an aromatic ring is 1. The summed E-state index contributed by atoms with van der Waals surface area (Å²) < 4.78 is 0. The minimum atomic E-state index is -0.0275. The Hall–Kier alpha value is -0.670. The number of hydrogen-bond donors (Lipinski definition) is 3. The number of thiol groups is 1. The fourth-order valence-electron chi connectivity index (χ4n) is 0.729. The first-order chi connectivity index (χ1) is 5.74. The van der Waals surface area contributed by atoms with Crippen LogP contribution in [0.1, 0.15) is 19.4 Å². The maximum absolute atomic E-state index is 8.73. The van der Waals surface area contributed by atoms with Gasteiger partial charge in [-0.2, -0.15) is 0 Å². The predicted octanol–water partition coefficient (Wildman–Crippen LogP) is 2.08. The van der Waals surface area contributed by atoms with Crippen molar-refractivity contribution in [3.05, 3.63) is 23.8 Å². The minimum absolute atomic E-state index is 0.0275. The molecule has 0 aliphatic heterocycles. The van der Waals surface area contributed by atoms with E-state index in [1.54, 1.807) is 18.2 Å². The van der Waals surface area contributed by atoms with Crippen molar-refractivity contribution in [2.75, 3.05) is 5.73 Å². The standard InChI is InChI=1S/C7H9NOS.C2H6/c8-7-2-1-6(10)3-5(7)4-9;1-2/h1-3,9-10H,4,8H2;1-2H3. The van der Waals surface area contributed by atoms with Crippen LogP contribution < -0.4 is 5.73 Å². The highest BCUT2D eigenvalue weighted by molar-refractivity contribution is 7.80. The molecule has 1 aromatic rings. The molecular formula is C9H15NOS. The normalized spacial score (nSPS) is 8.67. The summed E-state index contributed by atoms with van der Waals surface area (Å²) in [5.41, 5.74) is 6.85. The lowest BCUT2D eigenvalue weighted by atomic mass is 10.2. The van der Waals surface area contributed by atoms with Crippen LogP contribution in [0.15, 0.2) is 23.1 Å². The second-order valence-electron chi connectivity index (χ2n) is 2.04. The Morgan fingerprint density at radius 2 is 2.00 bits per heavy atom. The van der Waals surface area contributed by atoms with Crippen molar-refractivity contribution in [3.8, 4) is 0 Å². The molecule has 1 rings (SSSR count). The molecule has 3 heteroatoms. The summed E-state index contributed by atoms with van der Waals surface area (Å²) in [7, 11) is 0. The maximum Gasteiger partial charge on any atom is 0.0702 e. The SMILES string of the molecule is CC.Nc1ccc(S)cc1CO. The lowest BCUT2D eigenvalue weighted by molar-refractivity contribution is 0.282. The molecule has 3 N–H and O–H groups in total. The number of aliphatic hydroxyl groups excluding tert-OH is 1. The molecule has 0 unspecified atom stereocenters. The van der Waals surface area contributed by atoms with Crippen molar-refractivity contribution in [2.45, 2.75) is 25.3 Å². The van der Waals surface area contributed by atoms with E-state index in [1.807, 2.05) is 13.8 Å². The van der Waals surface area contributed by atoms with Crippen molar-refractivity contribution >= 4 is 18.3 Å². The van der Waals surface area contributed by atoms with Gasteiger partial charge in [0.15, 0.2) is 0 Å². The van der Waals surface area contributed by atoms with Gasteiger partial charge in [-0.15, -0.1) is 12.6 Å². The van der Waals surface area contributed by atoms with Crippen LogP contribution in [0.5, 0.6) is 0 Å². The number of rotatable bonds is 1. The van der Waals surface area contributed by atoms with Crippen LogP contribution in [0.3, 0.4) is 0 Å². The van der Waals surface area contributed by atoms with Gasteiger partial charge in [-0.25, -0.2) is 0 Å². The van der Waals surface area contributed by atoms with E-state index in [1.165, 1.54) is 0 Å². The van der Waals surface area contributed by atoms with Crippen molar-refractivity contribution in [2.24, 2.45) is 0 Å². The molecule has 0 atom stereocenters. The zero-order valence-electron chi connectivity index (χ0n) is 7.41. The van der Waals surface area contributed by atoms with Gasteiger partial charge >= 0.3 is 0 Å². The second kappa shape index (κ2) is 5.91. The molecule has 68 valence electrons. The minimum Gasteiger partial charge on any atom is -0.398 e. The van der Waals surface area contributed by atoms with Gasteiger partial charge in [-0.1, -0.05) is 13.8 Å². The van der Waals surface area contributed by atoms with Crippen LogP contribution in [-0.2, 0) is 6.61 Å². The van der Waals surface area contributed by atoms with Crippen LogP contribution in [0.25, 0.3) is 0 Å². The van der Waals surface area contributed by atoms with Crippen molar-refractivity contribution in [1.29, 1.82) is 0 Å². The molecule has 0 amide bonds. The zero-order valence-corrected chi connectivity index (χ0v) is 8.31. The van der Waals surface area contributed by atoms with E-state index >= 15 is 0 Å². The largest absolute Gasteiger partial charge is 0.398 e. The van der Waals surface area contributed by atoms with E-state index in [0.717, 1.165) is 10.5 Å². The summed E-state index contributed by atoms with van der Waals surface area (Å²) in [5, 5.41) is 8.73. The van der Waals surface area contributed by atoms with Crippen molar-refractivity contribution < 1.29 is 5.11 Å². The fourth-order valence-corrected chi connectivity index (χ4v) is 0.959. The molecule has 0 saturated heterocycles. The molecule has 12 heavy (non-hydrogen) atoms. The molecule has 2 nitrogen and oxygen atoms in total.